The lowest BCUT2D eigenvalue weighted by Crippen LogP contribution is -1.93. The zero-order valence-corrected chi connectivity index (χ0v) is 7.90. The van der Waals surface area contributed by atoms with Crippen LogP contribution < -0.4 is 0 Å². The Hall–Kier alpha value is -1.57. The summed E-state index contributed by atoms with van der Waals surface area (Å²) in [6.07, 6.45) is 1.56. The zero-order valence-electron chi connectivity index (χ0n) is 7.90. The van der Waals surface area contributed by atoms with Gasteiger partial charge in [0.05, 0.1) is 0 Å². The maximum absolute atomic E-state index is 9.86. The van der Waals surface area contributed by atoms with Crippen molar-refractivity contribution in [1.82, 2.24) is 0 Å². The monoisotopic (exact) mass is 178 g/mol. The summed E-state index contributed by atoms with van der Waals surface area (Å²) < 4.78 is 0. The molecule has 1 rings (SSSR count). The molecular formula is C11H14O2. The van der Waals surface area contributed by atoms with Gasteiger partial charge in [0.1, 0.15) is 0 Å². The summed E-state index contributed by atoms with van der Waals surface area (Å²) in [7, 11) is 0. The number of hydrogen-bond donors (Lipinski definition) is 1. The van der Waals surface area contributed by atoms with Gasteiger partial charge >= 0.3 is 5.97 Å². The fourth-order valence-electron chi connectivity index (χ4n) is 0.508. The molecule has 1 aromatic carbocycles. The molecule has 0 radical (unpaired) electrons. The van der Waals surface area contributed by atoms with Gasteiger partial charge in [0.2, 0.25) is 0 Å². The van der Waals surface area contributed by atoms with Crippen molar-refractivity contribution < 1.29 is 9.90 Å². The van der Waals surface area contributed by atoms with Gasteiger partial charge in [-0.2, -0.15) is 0 Å². The Morgan fingerprint density at radius 2 is 1.38 bits per heavy atom. The molecule has 0 aliphatic heterocycles. The van der Waals surface area contributed by atoms with E-state index in [1.807, 2.05) is 36.4 Å². The third kappa shape index (κ3) is 6.81. The summed E-state index contributed by atoms with van der Waals surface area (Å²) in [5, 5.41) is 8.11. The molecule has 70 valence electrons. The Balaban J connectivity index is 0.000000223. The van der Waals surface area contributed by atoms with Crippen LogP contribution in [0.3, 0.4) is 0 Å². The Labute approximate surface area is 78.5 Å². The molecule has 0 atom stereocenters. The number of rotatable bonds is 1. The highest BCUT2D eigenvalue weighted by atomic mass is 16.4. The molecule has 0 saturated heterocycles. The van der Waals surface area contributed by atoms with Crippen molar-refractivity contribution in [1.29, 1.82) is 0 Å². The minimum atomic E-state index is -0.845. The van der Waals surface area contributed by atoms with E-state index in [0.717, 1.165) is 0 Å². The lowest BCUT2D eigenvalue weighted by Gasteiger charge is -1.84. The molecule has 0 bridgehead atoms. The second kappa shape index (κ2) is 7.10. The number of carbonyl (C=O) groups is 1. The first-order chi connectivity index (χ1) is 6.18. The number of hydrogen-bond acceptors (Lipinski definition) is 1. The van der Waals surface area contributed by atoms with Gasteiger partial charge in [0.25, 0.3) is 0 Å². The molecule has 0 aromatic heterocycles. The molecule has 0 unspecified atom stereocenters. The van der Waals surface area contributed by atoms with Crippen LogP contribution in [0.5, 0.6) is 0 Å². The molecular weight excluding hydrogens is 164 g/mol. The van der Waals surface area contributed by atoms with Crippen LogP contribution in [0.15, 0.2) is 48.0 Å². The van der Waals surface area contributed by atoms with Crippen LogP contribution in [0, 0.1) is 0 Å². The largest absolute Gasteiger partial charge is 0.478 e. The smallest absolute Gasteiger partial charge is 0.330 e. The summed E-state index contributed by atoms with van der Waals surface area (Å²) in [4.78, 5) is 9.86. The van der Waals surface area contributed by atoms with E-state index in [9.17, 15) is 4.79 Å². The molecule has 0 spiro atoms. The first kappa shape index (κ1) is 11.4. The van der Waals surface area contributed by atoms with Crippen LogP contribution >= 0.6 is 0 Å². The molecule has 13 heavy (non-hydrogen) atoms. The molecule has 0 amide bonds. The molecule has 1 aromatic rings. The fraction of sp³-hybridized carbons (Fsp3) is 0.182. The van der Waals surface area contributed by atoms with Crippen molar-refractivity contribution in [3.05, 3.63) is 48.0 Å². The first-order valence-electron chi connectivity index (χ1n) is 4.04. The number of carboxylic acids is 1. The van der Waals surface area contributed by atoms with Crippen LogP contribution in [-0.2, 0) is 4.79 Å². The van der Waals surface area contributed by atoms with Crippen molar-refractivity contribution in [2.24, 2.45) is 0 Å². The van der Waals surface area contributed by atoms with Gasteiger partial charge in [0.15, 0.2) is 0 Å². The highest BCUT2D eigenvalue weighted by molar-refractivity contribution is 5.85. The summed E-state index contributed by atoms with van der Waals surface area (Å²) in [5.74, 6) is -0.845. The summed E-state index contributed by atoms with van der Waals surface area (Å²) in [6.45, 7) is 3.26. The van der Waals surface area contributed by atoms with E-state index in [4.69, 9.17) is 5.11 Å². The van der Waals surface area contributed by atoms with Crippen LogP contribution in [-0.4, -0.2) is 11.1 Å². The number of aliphatic carboxylic acids is 1. The summed E-state index contributed by atoms with van der Waals surface area (Å²) in [5.41, 5.74) is 0.389. The maximum atomic E-state index is 9.86. The second-order valence-electron chi connectivity index (χ2n) is 2.43. The third-order valence-corrected chi connectivity index (χ3v) is 1.44. The zero-order chi connectivity index (χ0) is 10.1. The summed E-state index contributed by atoms with van der Waals surface area (Å²) in [6, 6.07) is 12.0. The first-order valence-corrected chi connectivity index (χ1v) is 4.04. The van der Waals surface area contributed by atoms with Gasteiger partial charge in [-0.3, -0.25) is 0 Å². The van der Waals surface area contributed by atoms with E-state index < -0.39 is 5.97 Å². The van der Waals surface area contributed by atoms with Crippen LogP contribution in [0.4, 0.5) is 0 Å². The van der Waals surface area contributed by atoms with E-state index in [1.54, 1.807) is 19.9 Å². The van der Waals surface area contributed by atoms with Gasteiger partial charge in [-0.1, -0.05) is 42.5 Å². The fourth-order valence-corrected chi connectivity index (χ4v) is 0.508. The second-order valence-corrected chi connectivity index (χ2v) is 2.43. The number of benzene rings is 1. The molecule has 0 aliphatic carbocycles. The minimum Gasteiger partial charge on any atom is -0.478 e. The average molecular weight is 178 g/mol. The van der Waals surface area contributed by atoms with Crippen molar-refractivity contribution in [3.8, 4) is 0 Å². The quantitative estimate of drug-likeness (QED) is 0.671. The lowest BCUT2D eigenvalue weighted by molar-refractivity contribution is -0.132. The third-order valence-electron chi connectivity index (χ3n) is 1.44. The Morgan fingerprint density at radius 1 is 1.08 bits per heavy atom. The molecule has 0 heterocycles. The van der Waals surface area contributed by atoms with Crippen molar-refractivity contribution >= 4 is 5.97 Å². The predicted molar refractivity (Wildman–Crippen MR) is 53.5 cm³/mol. The molecule has 2 heteroatoms. The van der Waals surface area contributed by atoms with E-state index in [2.05, 4.69) is 0 Å². The molecule has 0 fully saturated rings. The highest BCUT2D eigenvalue weighted by Gasteiger charge is 1.93. The molecule has 0 saturated carbocycles. The SMILES string of the molecule is C/C=C(\C)C(=O)O.c1ccccc1. The highest BCUT2D eigenvalue weighted by Crippen LogP contribution is 1.87. The normalized spacial score (nSPS) is 9.85. The Kier molecular flexibility index (Phi) is 6.24. The van der Waals surface area contributed by atoms with Gasteiger partial charge in [-0.05, 0) is 13.8 Å². The molecule has 2 nitrogen and oxygen atoms in total. The van der Waals surface area contributed by atoms with Crippen LogP contribution in [0.2, 0.25) is 0 Å². The number of carboxylic acid groups (broad SMARTS) is 1. The Morgan fingerprint density at radius 3 is 1.46 bits per heavy atom. The summed E-state index contributed by atoms with van der Waals surface area (Å²) >= 11 is 0. The van der Waals surface area contributed by atoms with Crippen molar-refractivity contribution in [2.75, 3.05) is 0 Å². The topological polar surface area (TPSA) is 37.3 Å². The van der Waals surface area contributed by atoms with Crippen molar-refractivity contribution in [3.63, 3.8) is 0 Å². The molecule has 0 aliphatic rings. The predicted octanol–water partition coefficient (Wildman–Crippen LogP) is 2.72. The van der Waals surface area contributed by atoms with Gasteiger partial charge in [-0.25, -0.2) is 4.79 Å². The lowest BCUT2D eigenvalue weighted by atomic mass is 10.3. The molecule has 1 N–H and O–H groups in total. The van der Waals surface area contributed by atoms with E-state index in [-0.39, 0.29) is 0 Å². The maximum Gasteiger partial charge on any atom is 0.330 e. The van der Waals surface area contributed by atoms with Gasteiger partial charge < -0.3 is 5.11 Å². The van der Waals surface area contributed by atoms with Crippen LogP contribution in [0.25, 0.3) is 0 Å². The van der Waals surface area contributed by atoms with E-state index in [1.165, 1.54) is 0 Å². The number of allylic oxidation sites excluding steroid dienone is 1. The average Bonchev–Trinajstić information content (AvgIpc) is 2.20. The minimum absolute atomic E-state index is 0.389. The van der Waals surface area contributed by atoms with E-state index in [0.29, 0.717) is 5.57 Å². The van der Waals surface area contributed by atoms with Crippen LogP contribution in [0.1, 0.15) is 13.8 Å². The Bertz CT molecular complexity index is 236. The van der Waals surface area contributed by atoms with Gasteiger partial charge in [-0.15, -0.1) is 0 Å². The van der Waals surface area contributed by atoms with E-state index >= 15 is 0 Å². The van der Waals surface area contributed by atoms with Gasteiger partial charge in [0, 0.05) is 5.57 Å². The van der Waals surface area contributed by atoms with Crippen molar-refractivity contribution in [2.45, 2.75) is 13.8 Å². The standard InChI is InChI=1S/C6H6.C5H8O2/c1-2-4-6-5-3-1;1-3-4(2)5(6)7/h1-6H;3H,1-2H3,(H,6,7)/b;4-3+.